The molecule has 3 heterocycles. The van der Waals surface area contributed by atoms with Crippen LogP contribution < -0.4 is 0 Å². The zero-order chi connectivity index (χ0) is 60.7. The van der Waals surface area contributed by atoms with Gasteiger partial charge in [-0.05, 0) is 97.9 Å². The number of ketones is 4. The second-order valence-electron chi connectivity index (χ2n) is 22.0. The Hall–Kier alpha value is -10.6. The smallest absolute Gasteiger partial charge is 0.333 e. The lowest BCUT2D eigenvalue weighted by Gasteiger charge is -2.33. The van der Waals surface area contributed by atoms with E-state index >= 15 is 19.2 Å². The Labute approximate surface area is 519 Å². The van der Waals surface area contributed by atoms with Gasteiger partial charge in [-0.15, -0.1) is 34.0 Å². The number of rotatable bonds is 14. The van der Waals surface area contributed by atoms with Gasteiger partial charge in [-0.3, -0.25) is 38.4 Å². The molecule has 0 N–H and O–H groups in total. The van der Waals surface area contributed by atoms with Crippen LogP contribution in [0.25, 0.3) is 52.9 Å². The molecule has 12 nitrogen and oxygen atoms in total. The van der Waals surface area contributed by atoms with Crippen LogP contribution in [0.15, 0.2) is 223 Å². The van der Waals surface area contributed by atoms with E-state index in [0.29, 0.717) is 57.1 Å². The molecule has 0 unspecified atom stereocenters. The van der Waals surface area contributed by atoms with Crippen LogP contribution in [0.5, 0.6) is 0 Å². The molecule has 15 heteroatoms. The first kappa shape index (κ1) is 55.0. The van der Waals surface area contributed by atoms with Crippen LogP contribution in [0.2, 0.25) is 0 Å². The quantitative estimate of drug-likeness (QED) is 0.0332. The highest BCUT2D eigenvalue weighted by molar-refractivity contribution is 7.32. The third kappa shape index (κ3) is 8.82. The lowest BCUT2D eigenvalue weighted by Crippen LogP contribution is -2.51. The van der Waals surface area contributed by atoms with Gasteiger partial charge in [0, 0.05) is 53.4 Å². The van der Waals surface area contributed by atoms with Crippen molar-refractivity contribution in [2.75, 3.05) is 0 Å². The minimum absolute atomic E-state index is 0.0651. The fraction of sp³-hybridized carbons (Fsp3) is 0.0811. The number of fused-ring (bicyclic) bond motifs is 11. The molecule has 15 rings (SSSR count). The molecule has 0 aliphatic heterocycles. The maximum absolute atomic E-state index is 16.4. The highest BCUT2D eigenvalue weighted by atomic mass is 32.1. The molecule has 0 spiro atoms. The van der Waals surface area contributed by atoms with Crippen molar-refractivity contribution in [3.05, 3.63) is 294 Å². The lowest BCUT2D eigenvalue weighted by atomic mass is 9.69. The number of carbonyl (C=O) groups is 8. The van der Waals surface area contributed by atoms with E-state index in [4.69, 9.17) is 18.9 Å². The summed E-state index contributed by atoms with van der Waals surface area (Å²) in [4.78, 5) is 125. The molecule has 0 saturated heterocycles. The molecule has 0 bridgehead atoms. The van der Waals surface area contributed by atoms with Gasteiger partial charge < -0.3 is 18.9 Å². The number of esters is 4. The van der Waals surface area contributed by atoms with Crippen molar-refractivity contribution in [2.24, 2.45) is 0 Å². The number of Topliss-reactive ketones (excluding diaryl/α,β-unsaturated/α-hetero) is 4. The van der Waals surface area contributed by atoms with Crippen LogP contribution >= 0.6 is 34.0 Å². The summed E-state index contributed by atoms with van der Waals surface area (Å²) in [6, 6.07) is 58.5. The highest BCUT2D eigenvalue weighted by Gasteiger charge is 2.68. The molecular formula is C74H44O12S3. The molecule has 4 aliphatic rings. The van der Waals surface area contributed by atoms with E-state index in [-0.39, 0.29) is 87.0 Å². The minimum Gasteiger partial charge on any atom is -0.459 e. The van der Waals surface area contributed by atoms with Crippen LogP contribution in [0.1, 0.15) is 90.1 Å². The van der Waals surface area contributed by atoms with E-state index in [1.165, 1.54) is 29.6 Å². The zero-order valence-corrected chi connectivity index (χ0v) is 49.2. The first-order chi connectivity index (χ1) is 43.4. The van der Waals surface area contributed by atoms with Gasteiger partial charge in [-0.25, -0.2) is 0 Å². The summed E-state index contributed by atoms with van der Waals surface area (Å²) in [7, 11) is 0. The average molecular weight is 1220 g/mol. The zero-order valence-electron chi connectivity index (χ0n) is 46.7. The minimum atomic E-state index is -2.79. The van der Waals surface area contributed by atoms with E-state index in [2.05, 4.69) is 0 Å². The third-order valence-corrected chi connectivity index (χ3v) is 20.4. The van der Waals surface area contributed by atoms with E-state index < -0.39 is 57.8 Å². The van der Waals surface area contributed by atoms with Crippen molar-refractivity contribution in [1.82, 2.24) is 0 Å². The fourth-order valence-corrected chi connectivity index (χ4v) is 16.7. The Bertz CT molecular complexity index is 4780. The third-order valence-electron chi connectivity index (χ3n) is 16.8. The number of thiophene rings is 3. The summed E-state index contributed by atoms with van der Waals surface area (Å²) >= 11 is 3.45. The number of ether oxygens (including phenoxy) is 4. The first-order valence-electron chi connectivity index (χ1n) is 28.4. The first-order valence-corrected chi connectivity index (χ1v) is 30.9. The lowest BCUT2D eigenvalue weighted by molar-refractivity contribution is -0.167. The van der Waals surface area contributed by atoms with Crippen molar-refractivity contribution in [2.45, 2.75) is 37.3 Å². The SMILES string of the molecule is O=C1C(=CC2=Cc3sc4c(c3C2(C(=O)OCc2ccccc2)C(=O)OCc2ccccc2)C(C(=O)OCc2ccccc2)(C(=O)OCc2ccccc2)c2c-4sc3cc(C=C4C(=O)c5cc6ccccc6cc5C4=O)sc23)C(=O)c2cc3ccccc3cc21. The summed E-state index contributed by atoms with van der Waals surface area (Å²) in [5, 5.41) is 3.01. The van der Waals surface area contributed by atoms with E-state index in [9.17, 15) is 19.2 Å². The second-order valence-corrected chi connectivity index (χ2v) is 25.2. The van der Waals surface area contributed by atoms with Crippen LogP contribution in [0.4, 0.5) is 0 Å². The van der Waals surface area contributed by atoms with Gasteiger partial charge in [0.2, 0.25) is 10.8 Å². The molecule has 4 aliphatic carbocycles. The maximum atomic E-state index is 16.4. The largest absolute Gasteiger partial charge is 0.459 e. The Kier molecular flexibility index (Phi) is 13.4. The van der Waals surface area contributed by atoms with Crippen LogP contribution in [-0.2, 0) is 75.4 Å². The summed E-state index contributed by atoms with van der Waals surface area (Å²) < 4.78 is 26.5. The van der Waals surface area contributed by atoms with Crippen molar-refractivity contribution >= 4 is 124 Å². The van der Waals surface area contributed by atoms with Gasteiger partial charge in [-0.1, -0.05) is 170 Å². The van der Waals surface area contributed by atoms with Gasteiger partial charge in [0.25, 0.3) is 0 Å². The van der Waals surface area contributed by atoms with Crippen LogP contribution in [-0.4, -0.2) is 47.0 Å². The molecule has 8 aromatic carbocycles. The van der Waals surface area contributed by atoms with Crippen LogP contribution in [0.3, 0.4) is 0 Å². The van der Waals surface area contributed by atoms with E-state index in [0.717, 1.165) is 33.4 Å². The summed E-state index contributed by atoms with van der Waals surface area (Å²) in [6.45, 7) is -1.41. The molecule has 0 saturated carbocycles. The Morgan fingerprint density at radius 1 is 0.371 bits per heavy atom. The maximum Gasteiger partial charge on any atom is 0.333 e. The van der Waals surface area contributed by atoms with Gasteiger partial charge in [0.1, 0.15) is 26.4 Å². The highest BCUT2D eigenvalue weighted by Crippen LogP contribution is 2.66. The number of benzene rings is 8. The van der Waals surface area contributed by atoms with Crippen molar-refractivity contribution in [1.29, 1.82) is 0 Å². The monoisotopic (exact) mass is 1220 g/mol. The normalized spacial score (nSPS) is 14.7. The Morgan fingerprint density at radius 2 is 0.719 bits per heavy atom. The van der Waals surface area contributed by atoms with Crippen molar-refractivity contribution in [3.8, 4) is 9.75 Å². The molecule has 89 heavy (non-hydrogen) atoms. The average Bonchev–Trinajstić information content (AvgIpc) is 1.49. The molecule has 0 radical (unpaired) electrons. The van der Waals surface area contributed by atoms with Crippen molar-refractivity contribution in [3.63, 3.8) is 0 Å². The number of hydrogen-bond acceptors (Lipinski definition) is 15. The standard InChI is InChI=1S/C74H44O12S3/c75-62-51-29-45-25-13-14-26-46(45)30-52(51)63(76)55(62)33-49-34-57-59(73(49,69(79)83-37-41-17-5-1-6-18-41)70(80)84-38-42-19-7-2-8-20-42)60-67(88-57)68-61(74(60,71(81)85-39-43-21-9-3-10-22-43)72(82)86-40-44-23-11-4-12-24-44)66-58(89-68)36-50(87-66)35-56-64(77)53-31-47-27-15-16-28-48(47)32-54(53)65(56)78/h1-36H,37-40H2. The number of hydrogen-bond donors (Lipinski definition) is 0. The molecule has 3 aromatic heterocycles. The molecular weight excluding hydrogens is 1180 g/mol. The summed E-state index contributed by atoms with van der Waals surface area (Å²) in [5.41, 5.74) is -3.20. The fourth-order valence-electron chi connectivity index (χ4n) is 12.5. The van der Waals surface area contributed by atoms with Gasteiger partial charge in [-0.2, -0.15) is 0 Å². The van der Waals surface area contributed by atoms with E-state index in [1.807, 2.05) is 48.5 Å². The molecule has 0 atom stereocenters. The van der Waals surface area contributed by atoms with E-state index in [1.54, 1.807) is 152 Å². The van der Waals surface area contributed by atoms with Gasteiger partial charge in [0.15, 0.2) is 23.1 Å². The molecule has 11 aromatic rings. The molecule has 430 valence electrons. The van der Waals surface area contributed by atoms with Crippen molar-refractivity contribution < 1.29 is 57.3 Å². The Balaban J connectivity index is 0.968. The Morgan fingerprint density at radius 3 is 1.11 bits per heavy atom. The summed E-state index contributed by atoms with van der Waals surface area (Å²) in [5.74, 6) is -6.84. The molecule has 0 fully saturated rings. The predicted octanol–water partition coefficient (Wildman–Crippen LogP) is 14.7. The second kappa shape index (κ2) is 21.7. The number of allylic oxidation sites excluding steroid dienone is 3. The molecule has 0 amide bonds. The van der Waals surface area contributed by atoms with Gasteiger partial charge in [0.05, 0.1) is 25.6 Å². The summed E-state index contributed by atoms with van der Waals surface area (Å²) in [6.07, 6.45) is 4.28. The number of carbonyl (C=O) groups excluding carboxylic acids is 8. The van der Waals surface area contributed by atoms with Crippen LogP contribution in [0, 0.1) is 0 Å². The predicted molar refractivity (Wildman–Crippen MR) is 340 cm³/mol. The van der Waals surface area contributed by atoms with Gasteiger partial charge >= 0.3 is 23.9 Å². The topological polar surface area (TPSA) is 173 Å².